The van der Waals surface area contributed by atoms with Crippen LogP contribution in [0.1, 0.15) is 20.8 Å². The van der Waals surface area contributed by atoms with E-state index in [1.54, 1.807) is 17.5 Å². The normalized spacial score (nSPS) is 11.1. The molecule has 8 heteroatoms. The fourth-order valence-corrected chi connectivity index (χ4v) is 5.03. The molecule has 0 spiro atoms. The fraction of sp³-hybridized carbons (Fsp3) is 0.190. The van der Waals surface area contributed by atoms with Gasteiger partial charge in [0.05, 0.1) is 6.54 Å². The lowest BCUT2D eigenvalue weighted by atomic mass is 10.2. The second kappa shape index (κ2) is 9.11. The van der Waals surface area contributed by atoms with Crippen molar-refractivity contribution in [3.8, 4) is 5.75 Å². The van der Waals surface area contributed by atoms with Crippen LogP contribution in [-0.4, -0.2) is 27.5 Å². The number of thiophene rings is 1. The number of rotatable bonds is 8. The molecule has 0 bridgehead atoms. The number of sulfonamides is 1. The van der Waals surface area contributed by atoms with Crippen molar-refractivity contribution in [2.45, 2.75) is 18.7 Å². The van der Waals surface area contributed by atoms with Crippen molar-refractivity contribution < 1.29 is 17.9 Å². The van der Waals surface area contributed by atoms with Crippen LogP contribution < -0.4 is 14.8 Å². The summed E-state index contributed by atoms with van der Waals surface area (Å²) in [5, 5.41) is 4.30. The summed E-state index contributed by atoms with van der Waals surface area (Å²) in [7, 11) is -3.87. The van der Waals surface area contributed by atoms with Crippen molar-refractivity contribution in [2.24, 2.45) is 0 Å². The summed E-state index contributed by atoms with van der Waals surface area (Å²) in [4.78, 5) is 12.6. The van der Waals surface area contributed by atoms with Crippen LogP contribution >= 0.6 is 11.3 Å². The van der Waals surface area contributed by atoms with Gasteiger partial charge in [0.25, 0.3) is 15.9 Å². The number of anilines is 1. The van der Waals surface area contributed by atoms with Crippen LogP contribution in [0.3, 0.4) is 0 Å². The summed E-state index contributed by atoms with van der Waals surface area (Å²) in [5.41, 5.74) is 2.48. The molecule has 1 heterocycles. The topological polar surface area (TPSA) is 84.5 Å². The minimum Gasteiger partial charge on any atom is -0.491 e. The first-order chi connectivity index (χ1) is 13.9. The quantitative estimate of drug-likeness (QED) is 0.530. The van der Waals surface area contributed by atoms with Gasteiger partial charge in [-0.25, -0.2) is 8.42 Å². The molecule has 0 aliphatic heterocycles. The van der Waals surface area contributed by atoms with E-state index in [2.05, 4.69) is 10.0 Å². The Morgan fingerprint density at radius 1 is 1.03 bits per heavy atom. The van der Waals surface area contributed by atoms with Crippen molar-refractivity contribution >= 4 is 33.0 Å². The third kappa shape index (κ3) is 5.36. The Bertz CT molecular complexity index is 1090. The van der Waals surface area contributed by atoms with Crippen LogP contribution in [0.25, 0.3) is 0 Å². The van der Waals surface area contributed by atoms with Gasteiger partial charge in [-0.15, -0.1) is 11.3 Å². The highest BCUT2D eigenvalue weighted by Gasteiger charge is 2.24. The van der Waals surface area contributed by atoms with Gasteiger partial charge in [-0.05, 0) is 49.1 Å². The summed E-state index contributed by atoms with van der Waals surface area (Å²) in [6, 6.07) is 16.0. The Morgan fingerprint density at radius 2 is 1.76 bits per heavy atom. The number of amides is 1. The molecule has 3 aromatic rings. The zero-order chi connectivity index (χ0) is 20.9. The van der Waals surface area contributed by atoms with Gasteiger partial charge in [0.15, 0.2) is 0 Å². The Kier molecular flexibility index (Phi) is 6.56. The van der Waals surface area contributed by atoms with Crippen molar-refractivity contribution in [3.05, 3.63) is 76.0 Å². The minimum absolute atomic E-state index is 0.0413. The summed E-state index contributed by atoms with van der Waals surface area (Å²) in [6.45, 7) is 4.40. The Hall–Kier alpha value is -2.84. The Labute approximate surface area is 174 Å². The molecule has 2 N–H and O–H groups in total. The van der Waals surface area contributed by atoms with Crippen LogP contribution in [0.2, 0.25) is 0 Å². The van der Waals surface area contributed by atoms with Crippen molar-refractivity contribution in [1.29, 1.82) is 0 Å². The first kappa shape index (κ1) is 20.9. The molecule has 0 atom stereocenters. The first-order valence-corrected chi connectivity index (χ1v) is 11.4. The molecule has 0 fully saturated rings. The van der Waals surface area contributed by atoms with Gasteiger partial charge in [-0.2, -0.15) is 0 Å². The molecule has 0 aliphatic carbocycles. The average molecular weight is 431 g/mol. The summed E-state index contributed by atoms with van der Waals surface area (Å²) in [6.07, 6.45) is 0. The molecule has 1 aromatic heterocycles. The van der Waals surface area contributed by atoms with E-state index in [9.17, 15) is 13.2 Å². The molecule has 3 rings (SSSR count). The lowest BCUT2D eigenvalue weighted by molar-refractivity contribution is 0.0948. The van der Waals surface area contributed by atoms with Gasteiger partial charge in [-0.1, -0.05) is 35.9 Å². The number of aryl methyl sites for hydroxylation is 2. The van der Waals surface area contributed by atoms with Gasteiger partial charge < -0.3 is 10.1 Å². The number of para-hydroxylation sites is 1. The highest BCUT2D eigenvalue weighted by molar-refractivity contribution is 7.93. The highest BCUT2D eigenvalue weighted by atomic mass is 32.2. The zero-order valence-electron chi connectivity index (χ0n) is 16.1. The first-order valence-electron chi connectivity index (χ1n) is 9.00. The van der Waals surface area contributed by atoms with Crippen molar-refractivity contribution in [1.82, 2.24) is 5.32 Å². The molecule has 0 saturated heterocycles. The third-order valence-corrected chi connectivity index (χ3v) is 6.63. The monoisotopic (exact) mass is 430 g/mol. The smallest absolute Gasteiger partial charge is 0.263 e. The summed E-state index contributed by atoms with van der Waals surface area (Å²) >= 11 is 1.08. The summed E-state index contributed by atoms with van der Waals surface area (Å²) < 4.78 is 33.6. The molecule has 0 aliphatic rings. The van der Waals surface area contributed by atoms with Crippen molar-refractivity contribution in [2.75, 3.05) is 17.9 Å². The van der Waals surface area contributed by atoms with Crippen LogP contribution in [-0.2, 0) is 10.0 Å². The van der Waals surface area contributed by atoms with Crippen LogP contribution in [0.15, 0.2) is 64.9 Å². The maximum atomic E-state index is 12.7. The molecular weight excluding hydrogens is 408 g/mol. The lowest BCUT2D eigenvalue weighted by Gasteiger charge is -2.11. The molecule has 2 aromatic carbocycles. The number of benzene rings is 2. The number of ether oxygens (including phenoxy) is 1. The van der Waals surface area contributed by atoms with E-state index in [1.165, 1.54) is 6.07 Å². The van der Waals surface area contributed by atoms with E-state index in [0.29, 0.717) is 5.69 Å². The number of hydrogen-bond donors (Lipinski definition) is 2. The van der Waals surface area contributed by atoms with E-state index in [-0.39, 0.29) is 22.9 Å². The van der Waals surface area contributed by atoms with E-state index in [0.717, 1.165) is 28.2 Å². The van der Waals surface area contributed by atoms with Crippen molar-refractivity contribution in [3.63, 3.8) is 0 Å². The zero-order valence-corrected chi connectivity index (χ0v) is 17.8. The Balaban J connectivity index is 1.61. The predicted octanol–water partition coefficient (Wildman–Crippen LogP) is 3.97. The van der Waals surface area contributed by atoms with E-state index in [4.69, 9.17) is 4.74 Å². The number of carbonyl (C=O) groups excluding carboxylic acids is 1. The molecular formula is C21H22N2O4S2. The van der Waals surface area contributed by atoms with E-state index in [1.807, 2.05) is 50.2 Å². The number of carbonyl (C=O) groups is 1. The standard InChI is InChI=1S/C21H22N2O4S2/c1-15-7-9-17(10-8-15)23-29(25,26)19-11-14-28-20(19)21(24)22-12-13-27-18-6-4-3-5-16(18)2/h3-11,14,23H,12-13H2,1-2H3,(H,22,24). The van der Waals surface area contributed by atoms with Crippen LogP contribution in [0.4, 0.5) is 5.69 Å². The van der Waals surface area contributed by atoms with E-state index >= 15 is 0 Å². The highest BCUT2D eigenvalue weighted by Crippen LogP contribution is 2.24. The molecule has 0 radical (unpaired) electrons. The van der Waals surface area contributed by atoms with Crippen LogP contribution in [0.5, 0.6) is 5.75 Å². The second-order valence-electron chi connectivity index (χ2n) is 6.46. The van der Waals surface area contributed by atoms with Gasteiger partial charge in [0, 0.05) is 5.69 Å². The lowest BCUT2D eigenvalue weighted by Crippen LogP contribution is -2.29. The number of nitrogens with one attached hydrogen (secondary N) is 2. The molecule has 6 nitrogen and oxygen atoms in total. The largest absolute Gasteiger partial charge is 0.491 e. The molecule has 29 heavy (non-hydrogen) atoms. The van der Waals surface area contributed by atoms with E-state index < -0.39 is 15.9 Å². The van der Waals surface area contributed by atoms with Gasteiger partial charge in [0.1, 0.15) is 22.1 Å². The maximum Gasteiger partial charge on any atom is 0.263 e. The van der Waals surface area contributed by atoms with Crippen LogP contribution in [0, 0.1) is 13.8 Å². The summed E-state index contributed by atoms with van der Waals surface area (Å²) in [5.74, 6) is 0.307. The number of hydrogen-bond acceptors (Lipinski definition) is 5. The molecule has 0 unspecified atom stereocenters. The fourth-order valence-electron chi connectivity index (χ4n) is 2.63. The van der Waals surface area contributed by atoms with Gasteiger partial charge in [0.2, 0.25) is 0 Å². The molecule has 0 saturated carbocycles. The van der Waals surface area contributed by atoms with Gasteiger partial charge >= 0.3 is 0 Å². The molecule has 1 amide bonds. The Morgan fingerprint density at radius 3 is 2.48 bits per heavy atom. The maximum absolute atomic E-state index is 12.7. The molecule has 152 valence electrons. The SMILES string of the molecule is Cc1ccc(NS(=O)(=O)c2ccsc2C(=O)NCCOc2ccccc2C)cc1. The second-order valence-corrected chi connectivity index (χ2v) is 9.02. The predicted molar refractivity (Wildman–Crippen MR) is 115 cm³/mol. The minimum atomic E-state index is -3.87. The average Bonchev–Trinajstić information content (AvgIpc) is 3.19. The third-order valence-electron chi connectivity index (χ3n) is 4.17. The van der Waals surface area contributed by atoms with Gasteiger partial charge in [-0.3, -0.25) is 9.52 Å².